The first-order valence-corrected chi connectivity index (χ1v) is 0.966. The van der Waals surface area contributed by atoms with Crippen LogP contribution >= 0.6 is 0 Å². The molecule has 0 aliphatic heterocycles. The summed E-state index contributed by atoms with van der Waals surface area (Å²) in [4.78, 5) is 9.60. The lowest BCUT2D eigenvalue weighted by Gasteiger charge is -1.68. The van der Waals surface area contributed by atoms with E-state index in [9.17, 15) is 4.79 Å². The summed E-state index contributed by atoms with van der Waals surface area (Å²) in [6.45, 7) is 0.426. The van der Waals surface area contributed by atoms with Crippen LogP contribution in [0.15, 0.2) is 12.3 Å². The molecule has 0 amide bonds. The zero-order valence-corrected chi connectivity index (χ0v) is 2.43. The van der Waals surface area contributed by atoms with Crippen LogP contribution in [0.25, 0.3) is 0 Å². The molecule has 0 aliphatic rings. The second kappa shape index (κ2) is 1.52. The van der Waals surface area contributed by atoms with E-state index in [1.165, 1.54) is 0 Å². The van der Waals surface area contributed by atoms with Gasteiger partial charge in [0.15, 0.2) is 6.26 Å². The Morgan fingerprint density at radius 2 is 3.20 bits per heavy atom. The number of allylic oxidation sites excluding steroid dienone is 1. The van der Waals surface area contributed by atoms with Crippen molar-refractivity contribution in [2.45, 2.75) is 0 Å². The van der Waals surface area contributed by atoms with E-state index in [2.05, 4.69) is 0 Å². The quantitative estimate of drug-likeness (QED) is 0.275. The Morgan fingerprint density at radius 3 is 3.20 bits per heavy atom. The van der Waals surface area contributed by atoms with Gasteiger partial charge < -0.3 is 5.11 Å². The van der Waals surface area contributed by atoms with Crippen LogP contribution in [0.1, 0.15) is 2.74 Å². The first-order valence-electron chi connectivity index (χ1n) is 2.04. The highest BCUT2D eigenvalue weighted by Gasteiger charge is 1.69. The minimum atomic E-state index is -1.23. The second-order valence-electron chi connectivity index (χ2n) is 0.487. The van der Waals surface area contributed by atoms with Crippen molar-refractivity contribution in [3.8, 4) is 0 Å². The SMILES string of the molecule is [2H]C=C(O)C([2H])=O. The van der Waals surface area contributed by atoms with Gasteiger partial charge in [-0.05, 0) is 0 Å². The fourth-order valence-electron chi connectivity index (χ4n) is 0. The molecule has 0 bridgehead atoms. The zero-order chi connectivity index (χ0) is 5.86. The number of carbonyl (C=O) groups excluding carboxylic acids is 1. The molecule has 0 aromatic rings. The maximum absolute atomic E-state index is 9.60. The number of carbonyl (C=O) groups is 1. The fraction of sp³-hybridized carbons (Fsp3) is 0. The molecule has 0 saturated heterocycles. The van der Waals surface area contributed by atoms with E-state index in [0.29, 0.717) is 6.55 Å². The average molecular weight is 74.1 g/mol. The molecule has 2 nitrogen and oxygen atoms in total. The van der Waals surface area contributed by atoms with E-state index in [0.717, 1.165) is 0 Å². The standard InChI is InChI=1S/C3H4O2/c1-3(5)2-4/h2,5H,1H2/i1D,2D. The molecule has 0 radical (unpaired) electrons. The van der Waals surface area contributed by atoms with Crippen LogP contribution < -0.4 is 0 Å². The smallest absolute Gasteiger partial charge is 0.183 e. The summed E-state index contributed by atoms with van der Waals surface area (Å²) in [5.41, 5.74) is 0. The molecule has 1 N–H and O–H groups in total. The highest BCUT2D eigenvalue weighted by atomic mass is 16.3. The van der Waals surface area contributed by atoms with Crippen molar-refractivity contribution in [1.82, 2.24) is 0 Å². The Bertz CT molecular complexity index is 108. The predicted molar refractivity (Wildman–Crippen MR) is 17.8 cm³/mol. The van der Waals surface area contributed by atoms with Crippen LogP contribution in [-0.4, -0.2) is 11.4 Å². The molecule has 0 saturated carbocycles. The number of aliphatic hydroxyl groups is 1. The minimum absolute atomic E-state index is 0.426. The van der Waals surface area contributed by atoms with Crippen LogP contribution in [-0.2, 0) is 4.79 Å². The topological polar surface area (TPSA) is 37.3 Å². The first-order chi connectivity index (χ1) is 3.18. The molecular weight excluding hydrogens is 68.0 g/mol. The Labute approximate surface area is 32.5 Å². The van der Waals surface area contributed by atoms with Crippen molar-refractivity contribution in [2.24, 2.45) is 0 Å². The first kappa shape index (κ1) is 1.60. The molecule has 0 heterocycles. The molecule has 0 atom stereocenters. The second-order valence-corrected chi connectivity index (χ2v) is 0.487. The monoisotopic (exact) mass is 74.0 g/mol. The van der Waals surface area contributed by atoms with Gasteiger partial charge in [0.25, 0.3) is 0 Å². The van der Waals surface area contributed by atoms with Crippen LogP contribution in [0.3, 0.4) is 0 Å². The van der Waals surface area contributed by atoms with E-state index in [4.69, 9.17) is 7.85 Å². The van der Waals surface area contributed by atoms with Gasteiger partial charge in [0.1, 0.15) is 7.13 Å². The van der Waals surface area contributed by atoms with Crippen molar-refractivity contribution < 1.29 is 12.6 Å². The van der Waals surface area contributed by atoms with Crippen LogP contribution in [0.2, 0.25) is 0 Å². The lowest BCUT2D eigenvalue weighted by molar-refractivity contribution is -0.106. The van der Waals surface area contributed by atoms with Crippen molar-refractivity contribution in [3.05, 3.63) is 12.3 Å². The Balaban J connectivity index is 3.82. The summed E-state index contributed by atoms with van der Waals surface area (Å²) in [7, 11) is 0. The molecule has 0 rings (SSSR count). The van der Waals surface area contributed by atoms with Gasteiger partial charge in [0.05, 0.1) is 1.37 Å². The van der Waals surface area contributed by atoms with Gasteiger partial charge in [-0.25, -0.2) is 0 Å². The third kappa shape index (κ3) is 3.21. The number of aliphatic hydroxyl groups excluding tert-OH is 1. The maximum atomic E-state index is 9.60. The predicted octanol–water partition coefficient (Wildman–Crippen LogP) is 0.257. The number of aldehydes is 1. The summed E-state index contributed by atoms with van der Waals surface area (Å²) < 4.78 is 12.3. The molecule has 28 valence electrons. The van der Waals surface area contributed by atoms with Crippen LogP contribution in [0, 0.1) is 0 Å². The van der Waals surface area contributed by atoms with Crippen molar-refractivity contribution >= 4 is 6.26 Å². The van der Waals surface area contributed by atoms with E-state index < -0.39 is 12.0 Å². The summed E-state index contributed by atoms with van der Waals surface area (Å²) in [5.74, 6) is -0.833. The van der Waals surface area contributed by atoms with E-state index in [1.807, 2.05) is 0 Å². The number of rotatable bonds is 1. The van der Waals surface area contributed by atoms with Gasteiger partial charge in [-0.1, -0.05) is 6.55 Å². The summed E-state index contributed by atoms with van der Waals surface area (Å²) >= 11 is 0. The minimum Gasteiger partial charge on any atom is -0.505 e. The van der Waals surface area contributed by atoms with E-state index in [1.54, 1.807) is 0 Å². The lowest BCUT2D eigenvalue weighted by atomic mass is 10.7. The van der Waals surface area contributed by atoms with Gasteiger partial charge in [-0.3, -0.25) is 4.79 Å². The normalized spacial score (nSPS) is 16.4. The highest BCUT2D eigenvalue weighted by molar-refractivity contribution is 5.68. The Kier molecular flexibility index (Phi) is 0.486. The van der Waals surface area contributed by atoms with Crippen molar-refractivity contribution in [1.29, 1.82) is 0 Å². The summed E-state index contributed by atoms with van der Waals surface area (Å²) in [6.07, 6.45) is -1.23. The molecule has 0 aromatic carbocycles. The number of hydrogen-bond acceptors (Lipinski definition) is 2. The van der Waals surface area contributed by atoms with E-state index in [-0.39, 0.29) is 0 Å². The van der Waals surface area contributed by atoms with Gasteiger partial charge in [0.2, 0.25) is 0 Å². The van der Waals surface area contributed by atoms with Gasteiger partial charge >= 0.3 is 0 Å². The molecule has 0 unspecified atom stereocenters. The summed E-state index contributed by atoms with van der Waals surface area (Å²) in [5, 5.41) is 8.07. The third-order valence-electron chi connectivity index (χ3n) is 0.105. The van der Waals surface area contributed by atoms with Crippen LogP contribution in [0.5, 0.6) is 0 Å². The average Bonchev–Trinajstić information content (AvgIpc) is 1.65. The van der Waals surface area contributed by atoms with Crippen LogP contribution in [0.4, 0.5) is 0 Å². The highest BCUT2D eigenvalue weighted by Crippen LogP contribution is 1.63. The molecule has 2 heteroatoms. The fourth-order valence-corrected chi connectivity index (χ4v) is 0. The largest absolute Gasteiger partial charge is 0.505 e. The van der Waals surface area contributed by atoms with Crippen molar-refractivity contribution in [2.75, 3.05) is 0 Å². The molecule has 0 spiro atoms. The maximum Gasteiger partial charge on any atom is 0.183 e. The molecular formula is C3H4O2. The Morgan fingerprint density at radius 1 is 2.60 bits per heavy atom. The van der Waals surface area contributed by atoms with E-state index >= 15 is 0 Å². The zero-order valence-electron chi connectivity index (χ0n) is 4.43. The van der Waals surface area contributed by atoms with Gasteiger partial charge in [-0.15, -0.1) is 0 Å². The molecule has 0 fully saturated rings. The van der Waals surface area contributed by atoms with Crippen molar-refractivity contribution in [3.63, 3.8) is 0 Å². The summed E-state index contributed by atoms with van der Waals surface area (Å²) in [6, 6.07) is 0. The lowest BCUT2D eigenvalue weighted by Crippen LogP contribution is -1.71. The molecule has 0 aromatic heterocycles. The van der Waals surface area contributed by atoms with Gasteiger partial charge in [-0.2, -0.15) is 0 Å². The third-order valence-corrected chi connectivity index (χ3v) is 0.105. The Hall–Kier alpha value is -0.790. The molecule has 0 aliphatic carbocycles. The number of hydrogen-bond donors (Lipinski definition) is 1. The molecule has 5 heavy (non-hydrogen) atoms. The van der Waals surface area contributed by atoms with Gasteiger partial charge in [0, 0.05) is 0 Å².